The van der Waals surface area contributed by atoms with E-state index in [0.29, 0.717) is 28.9 Å². The summed E-state index contributed by atoms with van der Waals surface area (Å²) >= 11 is 0. The molecule has 28 heavy (non-hydrogen) atoms. The van der Waals surface area contributed by atoms with Crippen LogP contribution >= 0.6 is 0 Å². The van der Waals surface area contributed by atoms with Crippen LogP contribution < -0.4 is 4.74 Å². The molecule has 8 heteroatoms. The van der Waals surface area contributed by atoms with E-state index >= 15 is 0 Å². The van der Waals surface area contributed by atoms with E-state index < -0.39 is 5.97 Å². The standard InChI is InChI=1S/C20H15N5O3/c1-2-28-19-17-16(23-10-24-19)14-8-12(20(26)27)3-4-15(14)25(17)13-7-11-5-6-21-18(11)22-9-13/h3-10H,2H2,1H3,(H,21,22)(H,26,27). The normalized spacial score (nSPS) is 11.5. The first-order valence-corrected chi connectivity index (χ1v) is 8.76. The Morgan fingerprint density at radius 1 is 1.21 bits per heavy atom. The minimum atomic E-state index is -0.989. The van der Waals surface area contributed by atoms with Gasteiger partial charge in [0.05, 0.1) is 29.6 Å². The van der Waals surface area contributed by atoms with Gasteiger partial charge >= 0.3 is 5.97 Å². The summed E-state index contributed by atoms with van der Waals surface area (Å²) in [6.45, 7) is 2.33. The van der Waals surface area contributed by atoms with Crippen LogP contribution in [-0.4, -0.2) is 42.2 Å². The molecule has 4 aromatic heterocycles. The van der Waals surface area contributed by atoms with Crippen molar-refractivity contribution < 1.29 is 14.6 Å². The summed E-state index contributed by atoms with van der Waals surface area (Å²) in [6.07, 6.45) is 5.02. The molecule has 0 aliphatic carbocycles. The minimum Gasteiger partial charge on any atom is -0.478 e. The number of aromatic carboxylic acids is 1. The number of nitrogens with zero attached hydrogens (tertiary/aromatic N) is 4. The average Bonchev–Trinajstić information content (AvgIpc) is 3.30. The SMILES string of the molecule is CCOc1ncnc2c3cc(C(=O)O)ccc3n(-c3cnc4[nH]ccc4c3)c12. The number of carboxylic acid groups (broad SMARTS) is 1. The minimum absolute atomic E-state index is 0.197. The van der Waals surface area contributed by atoms with E-state index in [1.165, 1.54) is 6.33 Å². The van der Waals surface area contributed by atoms with Crippen LogP contribution in [0.5, 0.6) is 5.88 Å². The Balaban J connectivity index is 1.92. The maximum absolute atomic E-state index is 11.5. The van der Waals surface area contributed by atoms with Crippen LogP contribution in [0.25, 0.3) is 38.7 Å². The zero-order valence-electron chi connectivity index (χ0n) is 14.9. The number of pyridine rings is 1. The number of hydrogen-bond acceptors (Lipinski definition) is 5. The van der Waals surface area contributed by atoms with E-state index in [2.05, 4.69) is 19.9 Å². The number of nitrogens with one attached hydrogen (secondary N) is 1. The molecule has 0 aliphatic heterocycles. The number of aromatic amines is 1. The van der Waals surface area contributed by atoms with Crippen molar-refractivity contribution in [3.63, 3.8) is 0 Å². The maximum Gasteiger partial charge on any atom is 0.335 e. The van der Waals surface area contributed by atoms with E-state index in [9.17, 15) is 9.90 Å². The second-order valence-electron chi connectivity index (χ2n) is 6.29. The molecule has 2 N–H and O–H groups in total. The zero-order chi connectivity index (χ0) is 19.3. The summed E-state index contributed by atoms with van der Waals surface area (Å²) in [5.74, 6) is -0.549. The van der Waals surface area contributed by atoms with Crippen molar-refractivity contribution in [2.45, 2.75) is 6.92 Å². The number of carbonyl (C=O) groups is 1. The number of fused-ring (bicyclic) bond motifs is 4. The highest BCUT2D eigenvalue weighted by atomic mass is 16.5. The number of benzene rings is 1. The predicted molar refractivity (Wildman–Crippen MR) is 104 cm³/mol. The van der Waals surface area contributed by atoms with Gasteiger partial charge in [0, 0.05) is 17.0 Å². The monoisotopic (exact) mass is 373 g/mol. The Morgan fingerprint density at radius 3 is 2.93 bits per heavy atom. The molecule has 5 rings (SSSR count). The number of rotatable bonds is 4. The summed E-state index contributed by atoms with van der Waals surface area (Å²) in [7, 11) is 0. The number of aromatic nitrogens is 5. The van der Waals surface area contributed by atoms with E-state index in [1.54, 1.807) is 24.4 Å². The molecule has 138 valence electrons. The first-order chi connectivity index (χ1) is 13.7. The van der Waals surface area contributed by atoms with Crippen LogP contribution in [0.3, 0.4) is 0 Å². The van der Waals surface area contributed by atoms with Crippen LogP contribution in [0, 0.1) is 0 Å². The highest BCUT2D eigenvalue weighted by Gasteiger charge is 2.20. The molecule has 0 saturated heterocycles. The fourth-order valence-electron chi connectivity index (χ4n) is 3.50. The number of hydrogen-bond donors (Lipinski definition) is 2. The average molecular weight is 373 g/mol. The third-order valence-corrected chi connectivity index (χ3v) is 4.68. The smallest absolute Gasteiger partial charge is 0.335 e. The molecule has 1 aromatic carbocycles. The lowest BCUT2D eigenvalue weighted by molar-refractivity contribution is 0.0697. The molecule has 0 spiro atoms. The van der Waals surface area contributed by atoms with Crippen molar-refractivity contribution in [3.8, 4) is 11.6 Å². The number of ether oxygens (including phenoxy) is 1. The van der Waals surface area contributed by atoms with Crippen molar-refractivity contribution >= 4 is 38.9 Å². The Labute approximate surface area is 158 Å². The topological polar surface area (TPSA) is 106 Å². The Hall–Kier alpha value is -3.94. The third-order valence-electron chi connectivity index (χ3n) is 4.68. The Kier molecular flexibility index (Phi) is 3.51. The van der Waals surface area contributed by atoms with Crippen LogP contribution in [-0.2, 0) is 0 Å². The molecule has 4 heterocycles. The molecular weight excluding hydrogens is 358 g/mol. The molecule has 0 bridgehead atoms. The molecule has 0 radical (unpaired) electrons. The van der Waals surface area contributed by atoms with Crippen LogP contribution in [0.2, 0.25) is 0 Å². The Bertz CT molecular complexity index is 1370. The second-order valence-corrected chi connectivity index (χ2v) is 6.29. The van der Waals surface area contributed by atoms with Gasteiger partial charge in [0.25, 0.3) is 0 Å². The summed E-state index contributed by atoms with van der Waals surface area (Å²) in [5.41, 5.74) is 3.91. The first kappa shape index (κ1) is 16.2. The quantitative estimate of drug-likeness (QED) is 0.499. The van der Waals surface area contributed by atoms with Gasteiger partial charge in [0.1, 0.15) is 23.0 Å². The van der Waals surface area contributed by atoms with E-state index in [1.807, 2.05) is 29.8 Å². The number of carboxylic acids is 1. The van der Waals surface area contributed by atoms with E-state index in [-0.39, 0.29) is 5.56 Å². The van der Waals surface area contributed by atoms with Gasteiger partial charge < -0.3 is 19.4 Å². The van der Waals surface area contributed by atoms with Crippen molar-refractivity contribution in [1.29, 1.82) is 0 Å². The van der Waals surface area contributed by atoms with Crippen molar-refractivity contribution in [2.24, 2.45) is 0 Å². The van der Waals surface area contributed by atoms with Gasteiger partial charge in [0.15, 0.2) is 0 Å². The van der Waals surface area contributed by atoms with Gasteiger partial charge in [0.2, 0.25) is 5.88 Å². The second kappa shape index (κ2) is 6.05. The summed E-state index contributed by atoms with van der Waals surface area (Å²) in [4.78, 5) is 27.7. The molecule has 0 fully saturated rings. The first-order valence-electron chi connectivity index (χ1n) is 8.76. The van der Waals surface area contributed by atoms with Gasteiger partial charge in [-0.15, -0.1) is 0 Å². The lowest BCUT2D eigenvalue weighted by atomic mass is 10.1. The molecule has 0 saturated carbocycles. The van der Waals surface area contributed by atoms with Gasteiger partial charge in [-0.1, -0.05) is 0 Å². The van der Waals surface area contributed by atoms with Crippen molar-refractivity contribution in [2.75, 3.05) is 6.61 Å². The molecule has 0 amide bonds. The van der Waals surface area contributed by atoms with Crippen LogP contribution in [0.15, 0.2) is 49.1 Å². The fraction of sp³-hybridized carbons (Fsp3) is 0.100. The zero-order valence-corrected chi connectivity index (χ0v) is 14.9. The van der Waals surface area contributed by atoms with E-state index in [0.717, 1.165) is 22.2 Å². The Morgan fingerprint density at radius 2 is 2.11 bits per heavy atom. The van der Waals surface area contributed by atoms with Gasteiger partial charge in [-0.25, -0.2) is 14.8 Å². The van der Waals surface area contributed by atoms with Crippen LogP contribution in [0.1, 0.15) is 17.3 Å². The van der Waals surface area contributed by atoms with Crippen LogP contribution in [0.4, 0.5) is 0 Å². The predicted octanol–water partition coefficient (Wildman–Crippen LogP) is 3.55. The van der Waals surface area contributed by atoms with Gasteiger partial charge in [-0.3, -0.25) is 0 Å². The van der Waals surface area contributed by atoms with E-state index in [4.69, 9.17) is 4.74 Å². The summed E-state index contributed by atoms with van der Waals surface area (Å²) in [5, 5.41) is 11.1. The van der Waals surface area contributed by atoms with Gasteiger partial charge in [-0.2, -0.15) is 4.98 Å². The largest absolute Gasteiger partial charge is 0.478 e. The molecule has 0 unspecified atom stereocenters. The maximum atomic E-state index is 11.5. The fourth-order valence-corrected chi connectivity index (χ4v) is 3.50. The third kappa shape index (κ3) is 2.31. The molecule has 0 aliphatic rings. The number of H-pyrrole nitrogens is 1. The lowest BCUT2D eigenvalue weighted by Crippen LogP contribution is -2.01. The molecular formula is C20H15N5O3. The summed E-state index contributed by atoms with van der Waals surface area (Å²) in [6, 6.07) is 8.93. The molecule has 0 atom stereocenters. The van der Waals surface area contributed by atoms with Crippen molar-refractivity contribution in [1.82, 2.24) is 24.5 Å². The highest BCUT2D eigenvalue weighted by molar-refractivity contribution is 6.10. The van der Waals surface area contributed by atoms with Crippen molar-refractivity contribution in [3.05, 3.63) is 54.6 Å². The molecule has 5 aromatic rings. The summed E-state index contributed by atoms with van der Waals surface area (Å²) < 4.78 is 7.71. The molecule has 8 nitrogen and oxygen atoms in total. The highest BCUT2D eigenvalue weighted by Crippen LogP contribution is 2.35. The van der Waals surface area contributed by atoms with Gasteiger partial charge in [-0.05, 0) is 37.3 Å². The lowest BCUT2D eigenvalue weighted by Gasteiger charge is -2.10.